The first-order chi connectivity index (χ1) is 17.5. The molecule has 1 heterocycles. The zero-order chi connectivity index (χ0) is 24.8. The van der Waals surface area contributed by atoms with Crippen LogP contribution in [-0.4, -0.2) is 24.3 Å². The number of aryl methyl sites for hydroxylation is 2. The molecule has 0 unspecified atom stereocenters. The first-order valence-electron chi connectivity index (χ1n) is 13.0. The van der Waals surface area contributed by atoms with Crippen molar-refractivity contribution in [2.75, 3.05) is 13.2 Å². The van der Waals surface area contributed by atoms with Gasteiger partial charge < -0.3 is 19.3 Å². The van der Waals surface area contributed by atoms with Crippen molar-refractivity contribution >= 4 is 5.97 Å². The number of ether oxygens (including phenoxy) is 3. The van der Waals surface area contributed by atoms with E-state index in [0.29, 0.717) is 6.61 Å². The Bertz CT molecular complexity index is 1300. The second-order valence-corrected chi connectivity index (χ2v) is 10.5. The third-order valence-corrected chi connectivity index (χ3v) is 7.74. The van der Waals surface area contributed by atoms with Crippen LogP contribution in [0.4, 0.5) is 0 Å². The average molecular weight is 485 g/mol. The summed E-state index contributed by atoms with van der Waals surface area (Å²) in [5, 5.41) is 9.15. The average Bonchev–Trinajstić information content (AvgIpc) is 3.47. The van der Waals surface area contributed by atoms with E-state index in [0.717, 1.165) is 48.2 Å². The van der Waals surface area contributed by atoms with E-state index < -0.39 is 5.97 Å². The number of aliphatic carboxylic acids is 1. The maximum Gasteiger partial charge on any atom is 0.304 e. The molecule has 3 aromatic rings. The van der Waals surface area contributed by atoms with Gasteiger partial charge in [-0.2, -0.15) is 0 Å². The molecule has 36 heavy (non-hydrogen) atoms. The van der Waals surface area contributed by atoms with Crippen LogP contribution in [0.2, 0.25) is 0 Å². The van der Waals surface area contributed by atoms with E-state index >= 15 is 0 Å². The third kappa shape index (κ3) is 4.43. The highest BCUT2D eigenvalue weighted by Gasteiger charge is 2.30. The summed E-state index contributed by atoms with van der Waals surface area (Å²) in [5.41, 5.74) is 8.62. The minimum Gasteiger partial charge on any atom is -0.493 e. The molecule has 0 radical (unpaired) electrons. The standard InChI is InChI=1S/C31H32O5/c1-18-12-23(34-16-20-6-7-20)13-19(2)31(18)27-5-3-4-26-25(27)10-11-28(26)36-22-8-9-24-21(14-30(32)33)17-35-29(24)15-22/h3-5,8-9,12-13,15,20-21,28H,6-7,10-11,14,16-17H2,1-2H3,(H,32,33)/t21-,28-/m1/s1. The highest BCUT2D eigenvalue weighted by atomic mass is 16.5. The predicted octanol–water partition coefficient (Wildman–Crippen LogP) is 6.78. The smallest absolute Gasteiger partial charge is 0.304 e. The van der Waals surface area contributed by atoms with E-state index in [2.05, 4.69) is 44.2 Å². The molecule has 1 aliphatic heterocycles. The van der Waals surface area contributed by atoms with Gasteiger partial charge in [-0.15, -0.1) is 0 Å². The summed E-state index contributed by atoms with van der Waals surface area (Å²) < 4.78 is 18.3. The lowest BCUT2D eigenvalue weighted by atomic mass is 9.90. The first-order valence-corrected chi connectivity index (χ1v) is 13.0. The Labute approximate surface area is 212 Å². The van der Waals surface area contributed by atoms with Crippen LogP contribution in [0.15, 0.2) is 48.5 Å². The second kappa shape index (κ2) is 9.20. The number of fused-ring (bicyclic) bond motifs is 2. The summed E-state index contributed by atoms with van der Waals surface area (Å²) in [5.74, 6) is 2.31. The zero-order valence-electron chi connectivity index (χ0n) is 20.9. The van der Waals surface area contributed by atoms with Gasteiger partial charge in [-0.05, 0) is 97.0 Å². The molecule has 0 saturated heterocycles. The van der Waals surface area contributed by atoms with E-state index in [4.69, 9.17) is 19.3 Å². The molecule has 5 heteroatoms. The van der Waals surface area contributed by atoms with E-state index in [1.54, 1.807) is 0 Å². The van der Waals surface area contributed by atoms with Crippen LogP contribution < -0.4 is 14.2 Å². The molecular formula is C31H32O5. The normalized spacial score (nSPS) is 19.9. The Balaban J connectivity index is 1.23. The number of carboxylic acid groups (broad SMARTS) is 1. The van der Waals surface area contributed by atoms with Crippen molar-refractivity contribution in [2.24, 2.45) is 5.92 Å². The van der Waals surface area contributed by atoms with Crippen molar-refractivity contribution in [1.29, 1.82) is 0 Å². The number of rotatable bonds is 8. The third-order valence-electron chi connectivity index (χ3n) is 7.74. The largest absolute Gasteiger partial charge is 0.493 e. The van der Waals surface area contributed by atoms with Crippen molar-refractivity contribution in [3.63, 3.8) is 0 Å². The molecule has 186 valence electrons. The van der Waals surface area contributed by atoms with Crippen molar-refractivity contribution < 1.29 is 24.1 Å². The van der Waals surface area contributed by atoms with E-state index in [1.807, 2.05) is 18.2 Å². The number of benzene rings is 3. The van der Waals surface area contributed by atoms with Gasteiger partial charge in [0.2, 0.25) is 0 Å². The van der Waals surface area contributed by atoms with Gasteiger partial charge in [-0.3, -0.25) is 4.79 Å². The molecule has 1 fully saturated rings. The Morgan fingerprint density at radius 2 is 1.81 bits per heavy atom. The Kier molecular flexibility index (Phi) is 5.87. The quantitative estimate of drug-likeness (QED) is 0.382. The van der Waals surface area contributed by atoms with Crippen LogP contribution in [0.25, 0.3) is 11.1 Å². The minimum absolute atomic E-state index is 0.0176. The number of carbonyl (C=O) groups is 1. The molecule has 2 atom stereocenters. The van der Waals surface area contributed by atoms with Gasteiger partial charge in [0.1, 0.15) is 23.4 Å². The molecule has 0 aromatic heterocycles. The summed E-state index contributed by atoms with van der Waals surface area (Å²) in [6.07, 6.45) is 4.54. The van der Waals surface area contributed by atoms with Crippen molar-refractivity contribution in [3.05, 3.63) is 76.3 Å². The van der Waals surface area contributed by atoms with Gasteiger partial charge in [-0.1, -0.05) is 24.3 Å². The fourth-order valence-electron chi connectivity index (χ4n) is 5.78. The maximum absolute atomic E-state index is 11.1. The van der Waals surface area contributed by atoms with Crippen LogP contribution >= 0.6 is 0 Å². The molecule has 5 nitrogen and oxygen atoms in total. The Morgan fingerprint density at radius 1 is 1.00 bits per heavy atom. The summed E-state index contributed by atoms with van der Waals surface area (Å²) in [6.45, 7) is 5.59. The molecular weight excluding hydrogens is 452 g/mol. The lowest BCUT2D eigenvalue weighted by Crippen LogP contribution is -2.07. The van der Waals surface area contributed by atoms with Crippen molar-refractivity contribution in [3.8, 4) is 28.4 Å². The summed E-state index contributed by atoms with van der Waals surface area (Å²) >= 11 is 0. The SMILES string of the molecule is Cc1cc(OCC2CC2)cc(C)c1-c1cccc2c1CC[C@H]2Oc1ccc2c(c1)OC[C@H]2CC(=O)O. The number of hydrogen-bond acceptors (Lipinski definition) is 4. The second-order valence-electron chi connectivity index (χ2n) is 10.5. The maximum atomic E-state index is 11.1. The van der Waals surface area contributed by atoms with Gasteiger partial charge in [-0.25, -0.2) is 0 Å². The predicted molar refractivity (Wildman–Crippen MR) is 138 cm³/mol. The fourth-order valence-corrected chi connectivity index (χ4v) is 5.78. The Morgan fingerprint density at radius 3 is 2.56 bits per heavy atom. The Hall–Kier alpha value is -3.47. The lowest BCUT2D eigenvalue weighted by molar-refractivity contribution is -0.137. The van der Waals surface area contributed by atoms with Crippen LogP contribution in [0, 0.1) is 19.8 Å². The van der Waals surface area contributed by atoms with Gasteiger partial charge in [0.25, 0.3) is 0 Å². The van der Waals surface area contributed by atoms with Crippen LogP contribution in [0.1, 0.15) is 65.5 Å². The van der Waals surface area contributed by atoms with Gasteiger partial charge in [0, 0.05) is 17.5 Å². The lowest BCUT2D eigenvalue weighted by Gasteiger charge is -2.18. The molecule has 1 saturated carbocycles. The van der Waals surface area contributed by atoms with Crippen LogP contribution in [0.3, 0.4) is 0 Å². The van der Waals surface area contributed by atoms with Gasteiger partial charge >= 0.3 is 5.97 Å². The van der Waals surface area contributed by atoms with Gasteiger partial charge in [0.15, 0.2) is 0 Å². The molecule has 0 spiro atoms. The van der Waals surface area contributed by atoms with Crippen molar-refractivity contribution in [1.82, 2.24) is 0 Å². The van der Waals surface area contributed by atoms with E-state index in [9.17, 15) is 4.79 Å². The highest BCUT2D eigenvalue weighted by Crippen LogP contribution is 2.44. The summed E-state index contributed by atoms with van der Waals surface area (Å²) in [7, 11) is 0. The number of hydrogen-bond donors (Lipinski definition) is 1. The molecule has 0 bridgehead atoms. The molecule has 2 aliphatic carbocycles. The van der Waals surface area contributed by atoms with Gasteiger partial charge in [0.05, 0.1) is 19.6 Å². The van der Waals surface area contributed by atoms with Crippen molar-refractivity contribution in [2.45, 2.75) is 58.0 Å². The molecule has 3 aromatic carbocycles. The monoisotopic (exact) mass is 484 g/mol. The van der Waals surface area contributed by atoms with Crippen LogP contribution in [-0.2, 0) is 11.2 Å². The minimum atomic E-state index is -0.805. The fraction of sp³-hybridized carbons (Fsp3) is 0.387. The number of carboxylic acids is 1. The topological polar surface area (TPSA) is 65.0 Å². The highest BCUT2D eigenvalue weighted by molar-refractivity contribution is 5.76. The molecule has 6 rings (SSSR count). The molecule has 3 aliphatic rings. The van der Waals surface area contributed by atoms with E-state index in [-0.39, 0.29) is 18.4 Å². The zero-order valence-corrected chi connectivity index (χ0v) is 20.9. The first kappa shape index (κ1) is 23.0. The molecule has 0 amide bonds. The molecule has 1 N–H and O–H groups in total. The summed E-state index contributed by atoms with van der Waals surface area (Å²) in [6, 6.07) is 16.7. The van der Waals surface area contributed by atoms with E-state index in [1.165, 1.54) is 46.2 Å². The summed E-state index contributed by atoms with van der Waals surface area (Å²) in [4.78, 5) is 11.1. The van der Waals surface area contributed by atoms with Crippen LogP contribution in [0.5, 0.6) is 17.2 Å².